The third-order valence-electron chi connectivity index (χ3n) is 4.53. The highest BCUT2D eigenvalue weighted by atomic mass is 35.5. The van der Waals surface area contributed by atoms with Crippen LogP contribution in [0.3, 0.4) is 0 Å². The summed E-state index contributed by atoms with van der Waals surface area (Å²) in [7, 11) is 0. The second-order valence-electron chi connectivity index (χ2n) is 6.53. The summed E-state index contributed by atoms with van der Waals surface area (Å²) in [6.45, 7) is 3.74. The maximum absolute atomic E-state index is 12.2. The first kappa shape index (κ1) is 22.0. The molecule has 2 aliphatic rings. The molecule has 1 heterocycles. The Bertz CT molecular complexity index is 535. The van der Waals surface area contributed by atoms with Gasteiger partial charge in [0.2, 0.25) is 5.91 Å². The number of piperazine rings is 1. The summed E-state index contributed by atoms with van der Waals surface area (Å²) in [6, 6.07) is 9.48. The molecule has 1 atom stereocenters. The number of hydrogen-bond donors (Lipinski definition) is 2. The van der Waals surface area contributed by atoms with Crippen LogP contribution >= 0.6 is 24.8 Å². The number of aliphatic hydroxyl groups is 1. The fourth-order valence-corrected chi connectivity index (χ4v) is 2.86. The lowest BCUT2D eigenvalue weighted by Crippen LogP contribution is -2.55. The zero-order chi connectivity index (χ0) is 16.3. The van der Waals surface area contributed by atoms with Gasteiger partial charge in [-0.05, 0) is 25.0 Å². The van der Waals surface area contributed by atoms with E-state index in [1.54, 1.807) is 0 Å². The monoisotopic (exact) mass is 391 g/mol. The van der Waals surface area contributed by atoms with E-state index < -0.39 is 11.6 Å². The molecule has 1 amide bonds. The average molecular weight is 392 g/mol. The molecule has 142 valence electrons. The van der Waals surface area contributed by atoms with E-state index in [4.69, 9.17) is 10.5 Å². The molecule has 3 rings (SSSR count). The quantitative estimate of drug-likeness (QED) is 0.753. The standard InChI is InChI=1S/C17H25N3O3.2ClH/c18-17(6-7-17)16(22)20-10-8-19(9-11-20)12-14(21)13-23-15-4-2-1-3-5-15;;/h1-5,14,21H,6-13,18H2;2*1H. The van der Waals surface area contributed by atoms with Gasteiger partial charge >= 0.3 is 0 Å². The minimum absolute atomic E-state index is 0. The van der Waals surface area contributed by atoms with Gasteiger partial charge in [0.1, 0.15) is 18.5 Å². The smallest absolute Gasteiger partial charge is 0.242 e. The fraction of sp³-hybridized carbons (Fsp3) is 0.588. The van der Waals surface area contributed by atoms with E-state index in [1.165, 1.54) is 0 Å². The van der Waals surface area contributed by atoms with Crippen LogP contribution in [0.5, 0.6) is 5.75 Å². The molecule has 1 unspecified atom stereocenters. The first-order valence-corrected chi connectivity index (χ1v) is 8.23. The molecule has 1 saturated heterocycles. The normalized spacial score (nSPS) is 20.0. The largest absolute Gasteiger partial charge is 0.491 e. The zero-order valence-electron chi connectivity index (χ0n) is 14.2. The summed E-state index contributed by atoms with van der Waals surface area (Å²) in [5.41, 5.74) is 5.39. The van der Waals surface area contributed by atoms with Crippen LogP contribution in [-0.2, 0) is 4.79 Å². The number of aliphatic hydroxyl groups excluding tert-OH is 1. The summed E-state index contributed by atoms with van der Waals surface area (Å²) in [6.07, 6.45) is 1.07. The highest BCUT2D eigenvalue weighted by Gasteiger charge is 2.48. The van der Waals surface area contributed by atoms with E-state index in [2.05, 4.69) is 4.90 Å². The lowest BCUT2D eigenvalue weighted by atomic mass is 10.2. The van der Waals surface area contributed by atoms with Crippen molar-refractivity contribution >= 4 is 30.7 Å². The molecule has 1 saturated carbocycles. The molecule has 25 heavy (non-hydrogen) atoms. The molecule has 2 fully saturated rings. The van der Waals surface area contributed by atoms with Crippen molar-refractivity contribution in [2.24, 2.45) is 5.73 Å². The van der Waals surface area contributed by atoms with Crippen molar-refractivity contribution in [3.8, 4) is 5.75 Å². The molecule has 3 N–H and O–H groups in total. The van der Waals surface area contributed by atoms with Crippen molar-refractivity contribution in [1.29, 1.82) is 0 Å². The Balaban J connectivity index is 0.00000156. The number of amides is 1. The molecule has 1 aromatic rings. The number of para-hydroxylation sites is 1. The molecule has 1 aliphatic heterocycles. The number of benzene rings is 1. The topological polar surface area (TPSA) is 79.0 Å². The van der Waals surface area contributed by atoms with Crippen molar-refractivity contribution in [1.82, 2.24) is 9.80 Å². The maximum Gasteiger partial charge on any atom is 0.242 e. The van der Waals surface area contributed by atoms with Crippen LogP contribution in [0.25, 0.3) is 0 Å². The van der Waals surface area contributed by atoms with Crippen molar-refractivity contribution in [2.75, 3.05) is 39.3 Å². The molecule has 1 aromatic carbocycles. The average Bonchev–Trinajstić information content (AvgIpc) is 3.33. The molecule has 1 aliphatic carbocycles. The van der Waals surface area contributed by atoms with Gasteiger partial charge in [0.05, 0.1) is 5.54 Å². The third kappa shape index (κ3) is 6.01. The van der Waals surface area contributed by atoms with Gasteiger partial charge in [-0.15, -0.1) is 24.8 Å². The predicted molar refractivity (Wildman–Crippen MR) is 102 cm³/mol. The van der Waals surface area contributed by atoms with Gasteiger partial charge in [-0.2, -0.15) is 0 Å². The van der Waals surface area contributed by atoms with Gasteiger partial charge in [0.15, 0.2) is 0 Å². The Morgan fingerprint density at radius 2 is 1.76 bits per heavy atom. The predicted octanol–water partition coefficient (Wildman–Crippen LogP) is 0.905. The number of nitrogens with zero attached hydrogens (tertiary/aromatic N) is 2. The van der Waals surface area contributed by atoms with Gasteiger partial charge in [-0.3, -0.25) is 9.69 Å². The summed E-state index contributed by atoms with van der Waals surface area (Å²) in [5, 5.41) is 10.1. The number of nitrogens with two attached hydrogens (primary N) is 1. The van der Waals surface area contributed by atoms with Crippen molar-refractivity contribution in [3.63, 3.8) is 0 Å². The lowest BCUT2D eigenvalue weighted by Gasteiger charge is -2.36. The second-order valence-corrected chi connectivity index (χ2v) is 6.53. The maximum atomic E-state index is 12.2. The Morgan fingerprint density at radius 3 is 2.32 bits per heavy atom. The molecule has 0 aromatic heterocycles. The van der Waals surface area contributed by atoms with Crippen molar-refractivity contribution in [2.45, 2.75) is 24.5 Å². The minimum atomic E-state index is -0.578. The van der Waals surface area contributed by atoms with Gasteiger partial charge in [-0.25, -0.2) is 0 Å². The number of hydrogen-bond acceptors (Lipinski definition) is 5. The Morgan fingerprint density at radius 1 is 1.16 bits per heavy atom. The third-order valence-corrected chi connectivity index (χ3v) is 4.53. The van der Waals surface area contributed by atoms with E-state index in [1.807, 2.05) is 35.2 Å². The lowest BCUT2D eigenvalue weighted by molar-refractivity contribution is -0.135. The van der Waals surface area contributed by atoms with E-state index in [-0.39, 0.29) is 37.3 Å². The van der Waals surface area contributed by atoms with Crippen LogP contribution in [0.1, 0.15) is 12.8 Å². The van der Waals surface area contributed by atoms with Gasteiger partial charge < -0.3 is 20.5 Å². The summed E-state index contributed by atoms with van der Waals surface area (Å²) < 4.78 is 5.56. The number of β-amino-alcohol motifs (C(OH)–C–C–N with tert-alkyl or cyclic N) is 1. The second kappa shape index (κ2) is 9.59. The van der Waals surface area contributed by atoms with Gasteiger partial charge in [0.25, 0.3) is 0 Å². The molecular weight excluding hydrogens is 365 g/mol. The van der Waals surface area contributed by atoms with Crippen molar-refractivity contribution in [3.05, 3.63) is 30.3 Å². The molecule has 8 heteroatoms. The van der Waals surface area contributed by atoms with E-state index >= 15 is 0 Å². The Hall–Kier alpha value is -1.05. The first-order chi connectivity index (χ1) is 11.1. The Kier molecular flexibility index (Phi) is 8.44. The highest BCUT2D eigenvalue weighted by Crippen LogP contribution is 2.34. The Labute approximate surface area is 161 Å². The molecule has 0 bridgehead atoms. The van der Waals surface area contributed by atoms with Crippen LogP contribution in [0.2, 0.25) is 0 Å². The van der Waals surface area contributed by atoms with Crippen LogP contribution in [0.15, 0.2) is 30.3 Å². The SMILES string of the molecule is Cl.Cl.NC1(C(=O)N2CCN(CC(O)COc3ccccc3)CC2)CC1. The van der Waals surface area contributed by atoms with Crippen LogP contribution in [-0.4, -0.2) is 71.8 Å². The molecule has 6 nitrogen and oxygen atoms in total. The number of carbonyl (C=O) groups is 1. The number of carbonyl (C=O) groups excluding carboxylic acids is 1. The van der Waals surface area contributed by atoms with Crippen molar-refractivity contribution < 1.29 is 14.6 Å². The summed E-state index contributed by atoms with van der Waals surface area (Å²) in [5.74, 6) is 0.852. The van der Waals surface area contributed by atoms with Crippen LogP contribution in [0.4, 0.5) is 0 Å². The number of ether oxygens (including phenoxy) is 1. The molecule has 0 radical (unpaired) electrons. The van der Waals surface area contributed by atoms with E-state index in [9.17, 15) is 9.90 Å². The highest BCUT2D eigenvalue weighted by molar-refractivity contribution is 5.89. The number of rotatable bonds is 6. The van der Waals surface area contributed by atoms with Gasteiger partial charge in [0, 0.05) is 32.7 Å². The number of halogens is 2. The minimum Gasteiger partial charge on any atom is -0.491 e. The first-order valence-electron chi connectivity index (χ1n) is 8.23. The van der Waals surface area contributed by atoms with E-state index in [0.717, 1.165) is 31.7 Å². The molecule has 0 spiro atoms. The van der Waals surface area contributed by atoms with Gasteiger partial charge in [-0.1, -0.05) is 18.2 Å². The fourth-order valence-electron chi connectivity index (χ4n) is 2.86. The summed E-state index contributed by atoms with van der Waals surface area (Å²) >= 11 is 0. The van der Waals surface area contributed by atoms with E-state index in [0.29, 0.717) is 19.6 Å². The zero-order valence-corrected chi connectivity index (χ0v) is 15.8. The molecular formula is C17H27Cl2N3O3. The van der Waals surface area contributed by atoms with Crippen LogP contribution < -0.4 is 10.5 Å². The summed E-state index contributed by atoms with van der Waals surface area (Å²) in [4.78, 5) is 16.2. The van der Waals surface area contributed by atoms with Crippen LogP contribution in [0, 0.1) is 0 Å².